The first-order valence-electron chi connectivity index (χ1n) is 7.37. The third-order valence-electron chi connectivity index (χ3n) is 4.01. The van der Waals surface area contributed by atoms with Gasteiger partial charge in [0.1, 0.15) is 5.69 Å². The summed E-state index contributed by atoms with van der Waals surface area (Å²) >= 11 is 0. The Morgan fingerprint density at radius 2 is 2.05 bits per heavy atom. The number of nitro benzene ring substituents is 1. The molecule has 6 nitrogen and oxygen atoms in total. The van der Waals surface area contributed by atoms with Crippen LogP contribution < -0.4 is 10.6 Å². The van der Waals surface area contributed by atoms with Gasteiger partial charge in [-0.25, -0.2) is 0 Å². The van der Waals surface area contributed by atoms with Gasteiger partial charge in [0, 0.05) is 19.7 Å². The molecule has 1 saturated carbocycles. The molecule has 0 bridgehead atoms. The normalized spacial score (nSPS) is 15.5. The number of hydrogen-bond acceptors (Lipinski definition) is 4. The maximum absolute atomic E-state index is 12.3. The highest BCUT2D eigenvalue weighted by Gasteiger charge is 2.21. The molecular weight excluding hydrogens is 270 g/mol. The van der Waals surface area contributed by atoms with Crippen LogP contribution in [0, 0.1) is 16.0 Å². The van der Waals surface area contributed by atoms with Gasteiger partial charge in [-0.1, -0.05) is 25.3 Å². The molecule has 1 amide bonds. The Hall–Kier alpha value is -2.11. The van der Waals surface area contributed by atoms with Gasteiger partial charge < -0.3 is 10.6 Å². The van der Waals surface area contributed by atoms with Crippen molar-refractivity contribution in [3.8, 4) is 0 Å². The molecule has 1 fully saturated rings. The van der Waals surface area contributed by atoms with E-state index in [2.05, 4.69) is 10.6 Å². The summed E-state index contributed by atoms with van der Waals surface area (Å²) in [5, 5.41) is 16.7. The maximum atomic E-state index is 12.3. The Bertz CT molecular complexity index is 525. The van der Waals surface area contributed by atoms with E-state index in [9.17, 15) is 14.9 Å². The topological polar surface area (TPSA) is 84.3 Å². The third-order valence-corrected chi connectivity index (χ3v) is 4.01. The minimum atomic E-state index is -0.482. The van der Waals surface area contributed by atoms with Gasteiger partial charge in [0.25, 0.3) is 11.6 Å². The van der Waals surface area contributed by atoms with Crippen molar-refractivity contribution in [3.63, 3.8) is 0 Å². The zero-order valence-corrected chi connectivity index (χ0v) is 12.2. The number of nitrogens with one attached hydrogen (secondary N) is 2. The second kappa shape index (κ2) is 7.06. The average Bonchev–Trinajstić information content (AvgIpc) is 2.52. The summed E-state index contributed by atoms with van der Waals surface area (Å²) in [6.45, 7) is 0.644. The number of anilines is 1. The highest BCUT2D eigenvalue weighted by atomic mass is 16.6. The molecule has 2 N–H and O–H groups in total. The van der Waals surface area contributed by atoms with Crippen LogP contribution in [0.2, 0.25) is 0 Å². The van der Waals surface area contributed by atoms with Crippen LogP contribution in [0.4, 0.5) is 11.4 Å². The van der Waals surface area contributed by atoms with E-state index < -0.39 is 4.92 Å². The molecule has 0 spiro atoms. The van der Waals surface area contributed by atoms with E-state index in [4.69, 9.17) is 0 Å². The molecule has 1 aromatic rings. The highest BCUT2D eigenvalue weighted by molar-refractivity contribution is 6.01. The van der Waals surface area contributed by atoms with E-state index in [1.807, 2.05) is 0 Å². The molecule has 1 aliphatic rings. The summed E-state index contributed by atoms with van der Waals surface area (Å²) in [4.78, 5) is 22.8. The summed E-state index contributed by atoms with van der Waals surface area (Å²) < 4.78 is 0. The van der Waals surface area contributed by atoms with Crippen molar-refractivity contribution in [3.05, 3.63) is 33.9 Å². The molecule has 114 valence electrons. The largest absolute Gasteiger partial charge is 0.382 e. The lowest BCUT2D eigenvalue weighted by molar-refractivity contribution is -0.384. The van der Waals surface area contributed by atoms with Gasteiger partial charge in [-0.05, 0) is 24.8 Å². The number of rotatable bonds is 5. The Kier molecular flexibility index (Phi) is 5.14. The first kappa shape index (κ1) is 15.3. The van der Waals surface area contributed by atoms with E-state index in [-0.39, 0.29) is 17.3 Å². The zero-order valence-electron chi connectivity index (χ0n) is 12.2. The maximum Gasteiger partial charge on any atom is 0.293 e. The molecule has 0 saturated heterocycles. The van der Waals surface area contributed by atoms with Crippen LogP contribution in [0.5, 0.6) is 0 Å². The second-order valence-electron chi connectivity index (χ2n) is 5.42. The monoisotopic (exact) mass is 291 g/mol. The van der Waals surface area contributed by atoms with E-state index in [0.29, 0.717) is 18.0 Å². The van der Waals surface area contributed by atoms with Crippen LogP contribution in [0.3, 0.4) is 0 Å². The molecule has 0 radical (unpaired) electrons. The highest BCUT2D eigenvalue weighted by Crippen LogP contribution is 2.28. The molecule has 0 atom stereocenters. The van der Waals surface area contributed by atoms with E-state index in [1.54, 1.807) is 13.1 Å². The zero-order chi connectivity index (χ0) is 15.2. The van der Waals surface area contributed by atoms with Gasteiger partial charge in [0.05, 0.1) is 10.5 Å². The van der Waals surface area contributed by atoms with Crippen molar-refractivity contribution in [1.82, 2.24) is 5.32 Å². The van der Waals surface area contributed by atoms with Crippen molar-refractivity contribution in [1.29, 1.82) is 0 Å². The number of nitrogens with zero attached hydrogens (tertiary/aromatic N) is 1. The molecule has 1 aromatic carbocycles. The SMILES string of the molecule is CNc1c(C(=O)NCC2CCCCC2)cccc1[N+](=O)[O-]. The third kappa shape index (κ3) is 3.71. The van der Waals surface area contributed by atoms with E-state index >= 15 is 0 Å². The van der Waals surface area contributed by atoms with Crippen LogP contribution >= 0.6 is 0 Å². The predicted molar refractivity (Wildman–Crippen MR) is 81.6 cm³/mol. The lowest BCUT2D eigenvalue weighted by Gasteiger charge is -2.22. The molecule has 0 heterocycles. The molecule has 0 unspecified atom stereocenters. The fourth-order valence-electron chi connectivity index (χ4n) is 2.87. The molecular formula is C15H21N3O3. The Balaban J connectivity index is 2.07. The first-order valence-corrected chi connectivity index (χ1v) is 7.37. The summed E-state index contributed by atoms with van der Waals surface area (Å²) in [6, 6.07) is 4.54. The standard InChI is InChI=1S/C15H21N3O3/c1-16-14-12(8-5-9-13(14)18(20)21)15(19)17-10-11-6-3-2-4-7-11/h5,8-9,11,16H,2-4,6-7,10H2,1H3,(H,17,19). The number of carbonyl (C=O) groups excluding carboxylic acids is 1. The van der Waals surface area contributed by atoms with Crippen LogP contribution in [-0.4, -0.2) is 24.4 Å². The lowest BCUT2D eigenvalue weighted by Crippen LogP contribution is -2.30. The lowest BCUT2D eigenvalue weighted by atomic mass is 9.89. The van der Waals surface area contributed by atoms with Crippen LogP contribution in [0.25, 0.3) is 0 Å². The van der Waals surface area contributed by atoms with Gasteiger partial charge in [-0.15, -0.1) is 0 Å². The summed E-state index contributed by atoms with van der Waals surface area (Å²) in [5.41, 5.74) is 0.508. The van der Waals surface area contributed by atoms with Crippen molar-refractivity contribution in [2.75, 3.05) is 18.9 Å². The van der Waals surface area contributed by atoms with Gasteiger partial charge in [-0.3, -0.25) is 14.9 Å². The van der Waals surface area contributed by atoms with Crippen LogP contribution in [-0.2, 0) is 0 Å². The van der Waals surface area contributed by atoms with Crippen LogP contribution in [0.1, 0.15) is 42.5 Å². The summed E-state index contributed by atoms with van der Waals surface area (Å²) in [5.74, 6) is 0.271. The van der Waals surface area contributed by atoms with Gasteiger partial charge >= 0.3 is 0 Å². The predicted octanol–water partition coefficient (Wildman–Crippen LogP) is 2.95. The van der Waals surface area contributed by atoms with Gasteiger partial charge in [-0.2, -0.15) is 0 Å². The smallest absolute Gasteiger partial charge is 0.293 e. The van der Waals surface area contributed by atoms with Gasteiger partial charge in [0.15, 0.2) is 0 Å². The second-order valence-corrected chi connectivity index (χ2v) is 5.42. The fraction of sp³-hybridized carbons (Fsp3) is 0.533. The van der Waals surface area contributed by atoms with Crippen molar-refractivity contribution >= 4 is 17.3 Å². The number of benzene rings is 1. The van der Waals surface area contributed by atoms with Crippen molar-refractivity contribution in [2.45, 2.75) is 32.1 Å². The minimum Gasteiger partial charge on any atom is -0.382 e. The fourth-order valence-corrected chi connectivity index (χ4v) is 2.87. The number of carbonyl (C=O) groups is 1. The minimum absolute atomic E-state index is 0.0807. The van der Waals surface area contributed by atoms with Gasteiger partial charge in [0.2, 0.25) is 0 Å². The molecule has 6 heteroatoms. The molecule has 1 aliphatic carbocycles. The number of hydrogen-bond donors (Lipinski definition) is 2. The number of para-hydroxylation sites is 1. The number of nitro groups is 1. The first-order chi connectivity index (χ1) is 10.1. The van der Waals surface area contributed by atoms with Crippen molar-refractivity contribution in [2.24, 2.45) is 5.92 Å². The summed E-state index contributed by atoms with van der Waals surface area (Å²) in [6.07, 6.45) is 6.01. The molecule has 2 rings (SSSR count). The van der Waals surface area contributed by atoms with E-state index in [1.165, 1.54) is 31.4 Å². The van der Waals surface area contributed by atoms with E-state index in [0.717, 1.165) is 12.8 Å². The summed E-state index contributed by atoms with van der Waals surface area (Å²) in [7, 11) is 1.58. The average molecular weight is 291 g/mol. The Morgan fingerprint density at radius 3 is 2.67 bits per heavy atom. The quantitative estimate of drug-likeness (QED) is 0.645. The van der Waals surface area contributed by atoms with Crippen LogP contribution in [0.15, 0.2) is 18.2 Å². The Labute approximate surface area is 124 Å². The number of amides is 1. The Morgan fingerprint density at radius 1 is 1.33 bits per heavy atom. The molecule has 0 aromatic heterocycles. The molecule has 0 aliphatic heterocycles. The molecule has 21 heavy (non-hydrogen) atoms. The van der Waals surface area contributed by atoms with Crippen molar-refractivity contribution < 1.29 is 9.72 Å².